The molecule has 0 fully saturated rings. The molecular formula is C13H11BrCl2N2. The average Bonchev–Trinajstić information content (AvgIpc) is 2.34. The van der Waals surface area contributed by atoms with Crippen molar-refractivity contribution in [2.75, 3.05) is 11.9 Å². The average molecular weight is 346 g/mol. The summed E-state index contributed by atoms with van der Waals surface area (Å²) in [6.07, 6.45) is 2.59. The molecule has 18 heavy (non-hydrogen) atoms. The van der Waals surface area contributed by atoms with E-state index < -0.39 is 0 Å². The van der Waals surface area contributed by atoms with E-state index in [2.05, 4.69) is 26.2 Å². The minimum atomic E-state index is 0.659. The molecule has 1 N–H and O–H groups in total. The van der Waals surface area contributed by atoms with Crippen molar-refractivity contribution in [2.45, 2.75) is 6.42 Å². The summed E-state index contributed by atoms with van der Waals surface area (Å²) in [5.74, 6) is 0.850. The highest BCUT2D eigenvalue weighted by Crippen LogP contribution is 2.21. The van der Waals surface area contributed by atoms with Crippen LogP contribution in [0.5, 0.6) is 0 Å². The van der Waals surface area contributed by atoms with Gasteiger partial charge >= 0.3 is 0 Å². The van der Waals surface area contributed by atoms with Gasteiger partial charge in [0.1, 0.15) is 5.82 Å². The number of benzene rings is 1. The number of pyridine rings is 1. The van der Waals surface area contributed by atoms with Crippen LogP contribution in [-0.2, 0) is 6.42 Å². The highest BCUT2D eigenvalue weighted by atomic mass is 79.9. The molecule has 0 saturated heterocycles. The Bertz CT molecular complexity index is 529. The maximum atomic E-state index is 6.10. The van der Waals surface area contributed by atoms with Crippen molar-refractivity contribution in [3.8, 4) is 0 Å². The lowest BCUT2D eigenvalue weighted by molar-refractivity contribution is 1.01. The maximum absolute atomic E-state index is 6.10. The first-order valence-corrected chi connectivity index (χ1v) is 6.99. The predicted octanol–water partition coefficient (Wildman–Crippen LogP) is 4.81. The number of aromatic nitrogens is 1. The van der Waals surface area contributed by atoms with Gasteiger partial charge in [0.2, 0.25) is 0 Å². The second-order valence-corrected chi connectivity index (χ2v) is 5.53. The summed E-state index contributed by atoms with van der Waals surface area (Å²) in [6.45, 7) is 0.774. The van der Waals surface area contributed by atoms with Crippen molar-refractivity contribution in [2.24, 2.45) is 0 Å². The van der Waals surface area contributed by atoms with Gasteiger partial charge in [-0.05, 0) is 52.2 Å². The Hall–Kier alpha value is -0.770. The van der Waals surface area contributed by atoms with E-state index in [4.69, 9.17) is 23.2 Å². The van der Waals surface area contributed by atoms with E-state index in [9.17, 15) is 0 Å². The number of halogens is 3. The molecule has 0 bridgehead atoms. The van der Waals surface area contributed by atoms with Crippen LogP contribution >= 0.6 is 39.1 Å². The van der Waals surface area contributed by atoms with Gasteiger partial charge in [0.25, 0.3) is 0 Å². The number of hydrogen-bond acceptors (Lipinski definition) is 2. The Kier molecular flexibility index (Phi) is 4.87. The molecule has 0 aliphatic carbocycles. The third-order valence-corrected chi connectivity index (χ3v) is 3.50. The Balaban J connectivity index is 1.90. The van der Waals surface area contributed by atoms with Gasteiger partial charge in [-0.3, -0.25) is 0 Å². The van der Waals surface area contributed by atoms with Crippen LogP contribution in [-0.4, -0.2) is 11.5 Å². The van der Waals surface area contributed by atoms with E-state index in [1.165, 1.54) is 0 Å². The quantitative estimate of drug-likeness (QED) is 0.860. The van der Waals surface area contributed by atoms with E-state index in [0.717, 1.165) is 28.8 Å². The number of nitrogens with one attached hydrogen (secondary N) is 1. The number of anilines is 1. The van der Waals surface area contributed by atoms with Gasteiger partial charge in [0, 0.05) is 27.3 Å². The van der Waals surface area contributed by atoms with Crippen molar-refractivity contribution < 1.29 is 0 Å². The number of rotatable bonds is 4. The lowest BCUT2D eigenvalue weighted by Crippen LogP contribution is -2.06. The Morgan fingerprint density at radius 1 is 1.17 bits per heavy atom. The summed E-state index contributed by atoms with van der Waals surface area (Å²) in [5.41, 5.74) is 1.07. The molecule has 1 aromatic heterocycles. The minimum absolute atomic E-state index is 0.659. The van der Waals surface area contributed by atoms with Crippen LogP contribution in [0.2, 0.25) is 10.0 Å². The fourth-order valence-corrected chi connectivity index (χ4v) is 2.27. The second kappa shape index (κ2) is 6.41. The zero-order chi connectivity index (χ0) is 13.0. The van der Waals surface area contributed by atoms with Crippen molar-refractivity contribution in [3.05, 3.63) is 56.6 Å². The molecule has 0 amide bonds. The lowest BCUT2D eigenvalue weighted by Gasteiger charge is -2.07. The molecule has 0 spiro atoms. The van der Waals surface area contributed by atoms with E-state index in [-0.39, 0.29) is 0 Å². The molecule has 2 rings (SSSR count). The summed E-state index contributed by atoms with van der Waals surface area (Å²) in [6, 6.07) is 9.43. The fourth-order valence-electron chi connectivity index (χ4n) is 1.53. The van der Waals surface area contributed by atoms with Crippen LogP contribution in [0.4, 0.5) is 5.82 Å². The summed E-state index contributed by atoms with van der Waals surface area (Å²) in [7, 11) is 0. The third kappa shape index (κ3) is 3.87. The van der Waals surface area contributed by atoms with E-state index in [1.807, 2.05) is 24.3 Å². The van der Waals surface area contributed by atoms with E-state index >= 15 is 0 Å². The number of nitrogens with zero attached hydrogens (tertiary/aromatic N) is 1. The summed E-state index contributed by atoms with van der Waals surface area (Å²) in [4.78, 5) is 4.23. The van der Waals surface area contributed by atoms with Crippen molar-refractivity contribution in [1.82, 2.24) is 4.98 Å². The van der Waals surface area contributed by atoms with Crippen LogP contribution in [0, 0.1) is 0 Å². The molecule has 2 aromatic rings. The molecular weight excluding hydrogens is 335 g/mol. The maximum Gasteiger partial charge on any atom is 0.125 e. The van der Waals surface area contributed by atoms with E-state index in [0.29, 0.717) is 10.0 Å². The zero-order valence-electron chi connectivity index (χ0n) is 9.46. The standard InChI is InChI=1S/C13H11BrCl2N2/c14-10-2-4-13(18-8-10)17-6-5-9-1-3-11(15)7-12(9)16/h1-4,7-8H,5-6H2,(H,17,18). The van der Waals surface area contributed by atoms with Crippen molar-refractivity contribution in [1.29, 1.82) is 0 Å². The zero-order valence-corrected chi connectivity index (χ0v) is 12.6. The van der Waals surface area contributed by atoms with Crippen LogP contribution in [0.1, 0.15) is 5.56 Å². The summed E-state index contributed by atoms with van der Waals surface area (Å²) in [5, 5.41) is 4.60. The molecule has 1 aromatic carbocycles. The van der Waals surface area contributed by atoms with Gasteiger partial charge in [-0.2, -0.15) is 0 Å². The molecule has 0 aliphatic heterocycles. The van der Waals surface area contributed by atoms with Gasteiger partial charge in [0.15, 0.2) is 0 Å². The van der Waals surface area contributed by atoms with Gasteiger partial charge in [0.05, 0.1) is 0 Å². The molecule has 94 valence electrons. The first-order chi connectivity index (χ1) is 8.65. The van der Waals surface area contributed by atoms with Gasteiger partial charge in [-0.25, -0.2) is 4.98 Å². The first kappa shape index (κ1) is 13.7. The Labute approximate surface area is 124 Å². The molecule has 5 heteroatoms. The lowest BCUT2D eigenvalue weighted by atomic mass is 10.1. The van der Waals surface area contributed by atoms with E-state index in [1.54, 1.807) is 12.3 Å². The van der Waals surface area contributed by atoms with Crippen LogP contribution in [0.25, 0.3) is 0 Å². The molecule has 0 atom stereocenters. The number of hydrogen-bond donors (Lipinski definition) is 1. The highest BCUT2D eigenvalue weighted by molar-refractivity contribution is 9.10. The SMILES string of the molecule is Clc1ccc(CCNc2ccc(Br)cn2)c(Cl)c1. The molecule has 0 aliphatic rings. The monoisotopic (exact) mass is 344 g/mol. The topological polar surface area (TPSA) is 24.9 Å². The van der Waals surface area contributed by atoms with Crippen LogP contribution < -0.4 is 5.32 Å². The van der Waals surface area contributed by atoms with Gasteiger partial charge in [-0.1, -0.05) is 29.3 Å². The molecule has 0 radical (unpaired) electrons. The normalized spacial score (nSPS) is 10.4. The third-order valence-electron chi connectivity index (χ3n) is 2.44. The van der Waals surface area contributed by atoms with Crippen molar-refractivity contribution >= 4 is 44.9 Å². The predicted molar refractivity (Wildman–Crippen MR) is 80.6 cm³/mol. The largest absolute Gasteiger partial charge is 0.370 e. The Morgan fingerprint density at radius 3 is 2.67 bits per heavy atom. The molecule has 2 nitrogen and oxygen atoms in total. The fraction of sp³-hybridized carbons (Fsp3) is 0.154. The van der Waals surface area contributed by atoms with Crippen LogP contribution in [0.3, 0.4) is 0 Å². The molecule has 0 saturated carbocycles. The van der Waals surface area contributed by atoms with Gasteiger partial charge < -0.3 is 5.32 Å². The highest BCUT2D eigenvalue weighted by Gasteiger charge is 2.01. The smallest absolute Gasteiger partial charge is 0.125 e. The Morgan fingerprint density at radius 2 is 2.00 bits per heavy atom. The van der Waals surface area contributed by atoms with Gasteiger partial charge in [-0.15, -0.1) is 0 Å². The second-order valence-electron chi connectivity index (χ2n) is 3.77. The molecule has 1 heterocycles. The summed E-state index contributed by atoms with van der Waals surface area (Å²) >= 11 is 15.3. The summed E-state index contributed by atoms with van der Waals surface area (Å²) < 4.78 is 0.966. The van der Waals surface area contributed by atoms with Crippen LogP contribution in [0.15, 0.2) is 41.0 Å². The minimum Gasteiger partial charge on any atom is -0.370 e. The molecule has 0 unspecified atom stereocenters. The first-order valence-electron chi connectivity index (χ1n) is 5.44. The van der Waals surface area contributed by atoms with Crippen molar-refractivity contribution in [3.63, 3.8) is 0 Å².